The molecule has 11 nitrogen and oxygen atoms in total. The lowest BCUT2D eigenvalue weighted by atomic mass is 9.53. The second-order valence-corrected chi connectivity index (χ2v) is 17.4. The summed E-state index contributed by atoms with van der Waals surface area (Å²) >= 11 is 1.39. The number of carbonyl (C=O) groups excluding carboxylic acids is 1. The van der Waals surface area contributed by atoms with Gasteiger partial charge in [0.2, 0.25) is 0 Å². The molecule has 4 unspecified atom stereocenters. The van der Waals surface area contributed by atoms with Crippen LogP contribution in [0.2, 0.25) is 0 Å². The van der Waals surface area contributed by atoms with E-state index in [0.717, 1.165) is 52.6 Å². The van der Waals surface area contributed by atoms with Gasteiger partial charge in [0.1, 0.15) is 5.82 Å². The number of carboxylic acid groups (broad SMARTS) is 1. The highest BCUT2D eigenvalue weighted by Crippen LogP contribution is 2.78. The molecule has 0 radical (unpaired) electrons. The van der Waals surface area contributed by atoms with Crippen LogP contribution in [0.4, 0.5) is 10.9 Å². The van der Waals surface area contributed by atoms with Gasteiger partial charge in [0.25, 0.3) is 5.91 Å². The number of aromatic nitrogens is 5. The summed E-state index contributed by atoms with van der Waals surface area (Å²) in [5, 5.41) is 18.9. The minimum atomic E-state index is -1.08. The van der Waals surface area contributed by atoms with E-state index < -0.39 is 5.97 Å². The molecule has 9 rings (SSSR count). The number of rotatable bonds is 10. The maximum Gasteiger partial charge on any atom is 0.355 e. The Morgan fingerprint density at radius 1 is 1.09 bits per heavy atom. The van der Waals surface area contributed by atoms with Crippen LogP contribution in [0, 0.1) is 29.1 Å². The number of amides is 1. The summed E-state index contributed by atoms with van der Waals surface area (Å²) in [4.78, 5) is 41.9. The van der Waals surface area contributed by atoms with E-state index in [2.05, 4.69) is 38.7 Å². The van der Waals surface area contributed by atoms with Crippen LogP contribution in [-0.2, 0) is 24.2 Å². The number of hydrogen-bond donors (Lipinski definition) is 2. The average Bonchev–Trinajstić information content (AvgIpc) is 3.60. The molecule has 1 aliphatic heterocycles. The first-order valence-electron chi connectivity index (χ1n) is 18.7. The van der Waals surface area contributed by atoms with Crippen molar-refractivity contribution >= 4 is 44.5 Å². The zero-order valence-corrected chi connectivity index (χ0v) is 31.3. The molecule has 274 valence electrons. The van der Waals surface area contributed by atoms with E-state index in [1.54, 1.807) is 13.3 Å². The van der Waals surface area contributed by atoms with E-state index in [-0.39, 0.29) is 22.4 Å². The van der Waals surface area contributed by atoms with Gasteiger partial charge in [-0.2, -0.15) is 10.1 Å². The van der Waals surface area contributed by atoms with Crippen LogP contribution in [0.25, 0.3) is 21.5 Å². The first-order chi connectivity index (χ1) is 25.6. The largest absolute Gasteiger partial charge is 0.476 e. The summed E-state index contributed by atoms with van der Waals surface area (Å²) in [6.45, 7) is 7.26. The number of methoxy groups -OCH3 is 1. The Bertz CT molecular complexity index is 2230. The Kier molecular flexibility index (Phi) is 8.19. The molecule has 3 fully saturated rings. The van der Waals surface area contributed by atoms with Crippen LogP contribution >= 0.6 is 11.3 Å². The van der Waals surface area contributed by atoms with Crippen molar-refractivity contribution in [1.29, 1.82) is 0 Å². The molecule has 1 amide bonds. The smallest absolute Gasteiger partial charge is 0.355 e. The molecule has 12 heteroatoms. The van der Waals surface area contributed by atoms with Gasteiger partial charge in [-0.25, -0.2) is 14.8 Å². The summed E-state index contributed by atoms with van der Waals surface area (Å²) in [5.74, 6) is -0.00426. The molecule has 4 atom stereocenters. The summed E-state index contributed by atoms with van der Waals surface area (Å²) in [6, 6.07) is 13.3. The zero-order chi connectivity index (χ0) is 36.5. The van der Waals surface area contributed by atoms with E-state index in [4.69, 9.17) is 14.8 Å². The lowest BCUT2D eigenvalue weighted by Gasteiger charge is -2.52. The zero-order valence-electron chi connectivity index (χ0n) is 30.5. The Morgan fingerprint density at radius 2 is 1.98 bits per heavy atom. The number of anilines is 2. The second kappa shape index (κ2) is 12.7. The van der Waals surface area contributed by atoms with Crippen molar-refractivity contribution in [3.63, 3.8) is 0 Å². The third-order valence-electron chi connectivity index (χ3n) is 12.9. The van der Waals surface area contributed by atoms with Crippen LogP contribution in [0.5, 0.6) is 0 Å². The lowest BCUT2D eigenvalue weighted by Crippen LogP contribution is -2.46. The summed E-state index contributed by atoms with van der Waals surface area (Å²) in [5.41, 5.74) is 6.47. The number of nitrogens with zero attached hydrogens (tertiary/aromatic N) is 6. The van der Waals surface area contributed by atoms with E-state index in [9.17, 15) is 14.7 Å². The first-order valence-corrected chi connectivity index (χ1v) is 19.6. The van der Waals surface area contributed by atoms with Gasteiger partial charge in [0, 0.05) is 61.9 Å². The van der Waals surface area contributed by atoms with Gasteiger partial charge in [-0.3, -0.25) is 14.8 Å². The summed E-state index contributed by atoms with van der Waals surface area (Å²) in [7, 11) is 1.80. The number of thiazole rings is 1. The molecule has 5 aromatic rings. The topological polar surface area (TPSA) is 135 Å². The van der Waals surface area contributed by atoms with Crippen LogP contribution < -0.4 is 10.2 Å². The van der Waals surface area contributed by atoms with Crippen LogP contribution in [0.15, 0.2) is 54.9 Å². The van der Waals surface area contributed by atoms with Crippen molar-refractivity contribution in [2.45, 2.75) is 78.3 Å². The van der Waals surface area contributed by atoms with E-state index in [1.807, 2.05) is 48.7 Å². The normalized spacial score (nSPS) is 25.9. The highest BCUT2D eigenvalue weighted by atomic mass is 32.1. The molecule has 4 aliphatic rings. The van der Waals surface area contributed by atoms with E-state index >= 15 is 0 Å². The van der Waals surface area contributed by atoms with Gasteiger partial charge >= 0.3 is 5.97 Å². The number of benzene rings is 1. The number of fused-ring (bicyclic) bond motifs is 2. The lowest BCUT2D eigenvalue weighted by molar-refractivity contribution is -0.0411. The predicted molar refractivity (Wildman–Crippen MR) is 204 cm³/mol. The van der Waals surface area contributed by atoms with Gasteiger partial charge in [-0.1, -0.05) is 36.8 Å². The van der Waals surface area contributed by atoms with Gasteiger partial charge in [-0.15, -0.1) is 0 Å². The second-order valence-electron chi connectivity index (χ2n) is 16.3. The fourth-order valence-electron chi connectivity index (χ4n) is 10.6. The number of nitrogens with one attached hydrogen (secondary N) is 1. The van der Waals surface area contributed by atoms with Crippen molar-refractivity contribution in [3.8, 4) is 11.1 Å². The van der Waals surface area contributed by atoms with Crippen molar-refractivity contribution in [2.75, 3.05) is 30.5 Å². The maximum absolute atomic E-state index is 13.6. The predicted octanol–water partition coefficient (Wildman–Crippen LogP) is 7.78. The van der Waals surface area contributed by atoms with Crippen molar-refractivity contribution in [3.05, 3.63) is 82.9 Å². The molecule has 3 aliphatic carbocycles. The average molecular weight is 732 g/mol. The van der Waals surface area contributed by atoms with Crippen LogP contribution in [0.1, 0.15) is 89.5 Å². The highest BCUT2D eigenvalue weighted by Gasteiger charge is 2.70. The third kappa shape index (κ3) is 5.90. The Morgan fingerprint density at radius 3 is 2.81 bits per heavy atom. The number of aromatic carboxylic acids is 1. The number of carbonyl (C=O) groups is 2. The molecule has 1 aromatic carbocycles. The Labute approximate surface area is 312 Å². The molecule has 0 spiro atoms. The molecule has 2 N–H and O–H groups in total. The van der Waals surface area contributed by atoms with Crippen molar-refractivity contribution < 1.29 is 19.4 Å². The monoisotopic (exact) mass is 731 g/mol. The van der Waals surface area contributed by atoms with Gasteiger partial charge < -0.3 is 14.7 Å². The standard InChI is InChI=1S/C41H45N7O4S/c1-25-29(20-43-48(25)24-41-14-6-13-40(19-32(40)41)22-39(2,23-41)15-18-52-3)27-10-11-33(44-34(27)37(50)51)47-17-12-26-7-4-8-28(30(26)21-47)36(49)46-38-45-35-31(53-38)9-5-16-42-35/h4-5,7-11,16,20,32H,6,12-15,17-19,21-24H2,1-3H3,(H,50,51)(H,42,45,46,49). The molecule has 3 saturated carbocycles. The summed E-state index contributed by atoms with van der Waals surface area (Å²) < 4.78 is 8.59. The van der Waals surface area contributed by atoms with Gasteiger partial charge in [-0.05, 0) is 115 Å². The molecule has 53 heavy (non-hydrogen) atoms. The molecule has 0 saturated heterocycles. The van der Waals surface area contributed by atoms with Gasteiger partial charge in [0.15, 0.2) is 16.5 Å². The third-order valence-corrected chi connectivity index (χ3v) is 13.8. The highest BCUT2D eigenvalue weighted by molar-refractivity contribution is 7.22. The number of hydrogen-bond acceptors (Lipinski definition) is 9. The van der Waals surface area contributed by atoms with Crippen LogP contribution in [0.3, 0.4) is 0 Å². The van der Waals surface area contributed by atoms with E-state index in [0.29, 0.717) is 52.6 Å². The minimum Gasteiger partial charge on any atom is -0.476 e. The Hall–Kier alpha value is -4.68. The van der Waals surface area contributed by atoms with Crippen molar-refractivity contribution in [2.24, 2.45) is 22.2 Å². The molecular weight excluding hydrogens is 687 g/mol. The van der Waals surface area contributed by atoms with Gasteiger partial charge in [0.05, 0.1) is 10.9 Å². The first kappa shape index (κ1) is 34.1. The number of ether oxygens (including phenoxy) is 1. The SMILES string of the molecule is COCCC1(C)CC23CCCC(Cn4ncc(-c5ccc(N6CCc7cccc(C(=O)Nc8nc9ncccc9s8)c7C6)nc5C(=O)O)c4C)(C1)C2C3. The van der Waals surface area contributed by atoms with Crippen molar-refractivity contribution in [1.82, 2.24) is 24.7 Å². The quantitative estimate of drug-likeness (QED) is 0.148. The minimum absolute atomic E-state index is 0.00765. The molecular formula is C41H45N7O4S. The number of carboxylic acids is 1. The molecule has 5 heterocycles. The summed E-state index contributed by atoms with van der Waals surface area (Å²) in [6.07, 6.45) is 12.9. The fraction of sp³-hybridized carbons (Fsp3) is 0.463. The molecule has 4 aromatic heterocycles. The Balaban J connectivity index is 0.967. The van der Waals surface area contributed by atoms with E-state index in [1.165, 1.54) is 49.9 Å². The fourth-order valence-corrected chi connectivity index (χ4v) is 11.5. The number of pyridine rings is 2. The molecule has 2 bridgehead atoms. The van der Waals surface area contributed by atoms with Crippen LogP contribution in [-0.4, -0.2) is 62.0 Å². The maximum atomic E-state index is 13.6.